The van der Waals surface area contributed by atoms with Gasteiger partial charge in [0.2, 0.25) is 0 Å². The largest absolute Gasteiger partial charge is 0.497 e. The maximum absolute atomic E-state index is 5.97. The van der Waals surface area contributed by atoms with Gasteiger partial charge in [-0.25, -0.2) is 0 Å². The van der Waals surface area contributed by atoms with Crippen molar-refractivity contribution < 1.29 is 9.47 Å². The zero-order valence-corrected chi connectivity index (χ0v) is 12.8. The number of hydrogen-bond donors (Lipinski definition) is 1. The molecule has 0 aromatic heterocycles. The van der Waals surface area contributed by atoms with Crippen molar-refractivity contribution in [3.05, 3.63) is 29.3 Å². The normalized spacial score (nSPS) is 32.0. The number of fused-ring (bicyclic) bond motifs is 1. The molecule has 21 heavy (non-hydrogen) atoms. The van der Waals surface area contributed by atoms with Crippen molar-refractivity contribution in [2.24, 2.45) is 5.92 Å². The molecule has 3 unspecified atom stereocenters. The predicted octanol–water partition coefficient (Wildman–Crippen LogP) is 3.23. The summed E-state index contributed by atoms with van der Waals surface area (Å²) in [6, 6.07) is 7.62. The standard InChI is InChI=1S/C18H25NO2/c1-20-14-7-8-15-13(11-14)3-2-4-16(15)19-17-9-10-21-18(17)12-5-6-12/h7-8,11-12,16-19H,2-6,9-10H2,1H3. The lowest BCUT2D eigenvalue weighted by Gasteiger charge is -2.31. The molecule has 0 bridgehead atoms. The van der Waals surface area contributed by atoms with E-state index in [1.54, 1.807) is 7.11 Å². The Hall–Kier alpha value is -1.06. The van der Waals surface area contributed by atoms with Gasteiger partial charge in [0.05, 0.1) is 13.2 Å². The molecule has 114 valence electrons. The zero-order valence-electron chi connectivity index (χ0n) is 12.8. The molecule has 0 amide bonds. The minimum atomic E-state index is 0.466. The number of hydrogen-bond acceptors (Lipinski definition) is 3. The van der Waals surface area contributed by atoms with Gasteiger partial charge in [-0.15, -0.1) is 0 Å². The average Bonchev–Trinajstić information content (AvgIpc) is 3.27. The summed E-state index contributed by atoms with van der Waals surface area (Å²) in [6.07, 6.45) is 8.05. The van der Waals surface area contributed by atoms with E-state index in [1.807, 2.05) is 0 Å². The highest BCUT2D eigenvalue weighted by Crippen LogP contribution is 2.40. The molecule has 3 heteroatoms. The first kappa shape index (κ1) is 13.6. The van der Waals surface area contributed by atoms with Crippen LogP contribution in [0.2, 0.25) is 0 Å². The van der Waals surface area contributed by atoms with Gasteiger partial charge in [0.25, 0.3) is 0 Å². The highest BCUT2D eigenvalue weighted by Gasteiger charge is 2.41. The van der Waals surface area contributed by atoms with Crippen LogP contribution in [0.4, 0.5) is 0 Å². The van der Waals surface area contributed by atoms with Crippen molar-refractivity contribution in [1.29, 1.82) is 0 Å². The third kappa shape index (κ3) is 2.69. The molecule has 3 aliphatic rings. The molecule has 1 saturated carbocycles. The molecule has 2 aliphatic carbocycles. The van der Waals surface area contributed by atoms with Gasteiger partial charge in [0.15, 0.2) is 0 Å². The molecule has 4 rings (SSSR count). The van der Waals surface area contributed by atoms with E-state index in [2.05, 4.69) is 23.5 Å². The van der Waals surface area contributed by atoms with Crippen molar-refractivity contribution in [1.82, 2.24) is 5.32 Å². The second-order valence-corrected chi connectivity index (χ2v) is 6.74. The number of methoxy groups -OCH3 is 1. The minimum Gasteiger partial charge on any atom is -0.497 e. The van der Waals surface area contributed by atoms with Crippen LogP contribution in [0.25, 0.3) is 0 Å². The van der Waals surface area contributed by atoms with Crippen molar-refractivity contribution in [3.63, 3.8) is 0 Å². The van der Waals surface area contributed by atoms with Gasteiger partial charge in [-0.2, -0.15) is 0 Å². The second kappa shape index (κ2) is 5.62. The van der Waals surface area contributed by atoms with Gasteiger partial charge in [-0.3, -0.25) is 0 Å². The second-order valence-electron chi connectivity index (χ2n) is 6.74. The van der Waals surface area contributed by atoms with E-state index >= 15 is 0 Å². The van der Waals surface area contributed by atoms with E-state index < -0.39 is 0 Å². The van der Waals surface area contributed by atoms with Crippen LogP contribution in [0, 0.1) is 5.92 Å². The SMILES string of the molecule is COc1ccc2c(c1)CCCC2NC1CCOC1C1CC1. The van der Waals surface area contributed by atoms with Crippen LogP contribution in [-0.4, -0.2) is 25.9 Å². The average molecular weight is 287 g/mol. The Kier molecular flexibility index (Phi) is 3.64. The van der Waals surface area contributed by atoms with E-state index in [1.165, 1.54) is 49.7 Å². The first-order valence-corrected chi connectivity index (χ1v) is 8.39. The van der Waals surface area contributed by atoms with Crippen LogP contribution < -0.4 is 10.1 Å². The number of rotatable bonds is 4. The Morgan fingerprint density at radius 1 is 1.19 bits per heavy atom. The van der Waals surface area contributed by atoms with Gasteiger partial charge in [0, 0.05) is 18.7 Å². The summed E-state index contributed by atoms with van der Waals surface area (Å²) in [5, 5.41) is 3.92. The summed E-state index contributed by atoms with van der Waals surface area (Å²) < 4.78 is 11.3. The smallest absolute Gasteiger partial charge is 0.119 e. The van der Waals surface area contributed by atoms with E-state index in [9.17, 15) is 0 Å². The summed E-state index contributed by atoms with van der Waals surface area (Å²) in [5.41, 5.74) is 2.93. The molecule has 1 aromatic rings. The highest BCUT2D eigenvalue weighted by atomic mass is 16.5. The quantitative estimate of drug-likeness (QED) is 0.922. The fourth-order valence-electron chi connectivity index (χ4n) is 4.03. The summed E-state index contributed by atoms with van der Waals surface area (Å²) >= 11 is 0. The molecular formula is C18H25NO2. The maximum atomic E-state index is 5.97. The first-order chi connectivity index (χ1) is 10.3. The fraction of sp³-hybridized carbons (Fsp3) is 0.667. The lowest BCUT2D eigenvalue weighted by Crippen LogP contribution is -2.40. The summed E-state index contributed by atoms with van der Waals surface area (Å²) in [4.78, 5) is 0. The van der Waals surface area contributed by atoms with Gasteiger partial charge < -0.3 is 14.8 Å². The molecule has 1 heterocycles. The van der Waals surface area contributed by atoms with E-state index in [0.717, 1.165) is 18.3 Å². The van der Waals surface area contributed by atoms with Crippen LogP contribution in [0.15, 0.2) is 18.2 Å². The molecule has 1 N–H and O–H groups in total. The highest BCUT2D eigenvalue weighted by molar-refractivity contribution is 5.39. The summed E-state index contributed by atoms with van der Waals surface area (Å²) in [5.74, 6) is 1.80. The molecule has 2 fully saturated rings. The lowest BCUT2D eigenvalue weighted by atomic mass is 9.86. The van der Waals surface area contributed by atoms with Crippen LogP contribution in [0.3, 0.4) is 0 Å². The molecule has 1 aromatic carbocycles. The van der Waals surface area contributed by atoms with Crippen LogP contribution in [0.5, 0.6) is 5.75 Å². The van der Waals surface area contributed by atoms with E-state index in [0.29, 0.717) is 18.2 Å². The monoisotopic (exact) mass is 287 g/mol. The Bertz CT molecular complexity index is 512. The van der Waals surface area contributed by atoms with Crippen LogP contribution >= 0.6 is 0 Å². The lowest BCUT2D eigenvalue weighted by molar-refractivity contribution is 0.0783. The van der Waals surface area contributed by atoms with E-state index in [-0.39, 0.29) is 0 Å². The predicted molar refractivity (Wildman–Crippen MR) is 82.7 cm³/mol. The molecule has 0 radical (unpaired) electrons. The van der Waals surface area contributed by atoms with Gasteiger partial charge in [-0.1, -0.05) is 6.07 Å². The molecule has 1 aliphatic heterocycles. The molecule has 3 nitrogen and oxygen atoms in total. The molecule has 1 saturated heterocycles. The van der Waals surface area contributed by atoms with Gasteiger partial charge in [-0.05, 0) is 67.7 Å². The third-order valence-electron chi connectivity index (χ3n) is 5.30. The Morgan fingerprint density at radius 3 is 2.90 bits per heavy atom. The van der Waals surface area contributed by atoms with Crippen molar-refractivity contribution in [2.45, 2.75) is 56.7 Å². The Labute approximate surface area is 127 Å². The summed E-state index contributed by atoms with van der Waals surface area (Å²) in [7, 11) is 1.75. The molecule has 0 spiro atoms. The summed E-state index contributed by atoms with van der Waals surface area (Å²) in [6.45, 7) is 0.932. The fourth-order valence-corrected chi connectivity index (χ4v) is 4.03. The number of nitrogens with one attached hydrogen (secondary N) is 1. The van der Waals surface area contributed by atoms with Crippen molar-refractivity contribution >= 4 is 0 Å². The van der Waals surface area contributed by atoms with Crippen LogP contribution in [0.1, 0.15) is 49.3 Å². The van der Waals surface area contributed by atoms with Crippen molar-refractivity contribution in [2.75, 3.05) is 13.7 Å². The van der Waals surface area contributed by atoms with E-state index in [4.69, 9.17) is 9.47 Å². The molecular weight excluding hydrogens is 262 g/mol. The number of ether oxygens (including phenoxy) is 2. The third-order valence-corrected chi connectivity index (χ3v) is 5.30. The minimum absolute atomic E-state index is 0.466. The van der Waals surface area contributed by atoms with Gasteiger partial charge in [0.1, 0.15) is 5.75 Å². The number of benzene rings is 1. The molecule has 3 atom stereocenters. The number of aryl methyl sites for hydroxylation is 1. The topological polar surface area (TPSA) is 30.5 Å². The Balaban J connectivity index is 1.51. The maximum Gasteiger partial charge on any atom is 0.119 e. The van der Waals surface area contributed by atoms with Crippen LogP contribution in [-0.2, 0) is 11.2 Å². The van der Waals surface area contributed by atoms with Gasteiger partial charge >= 0.3 is 0 Å². The van der Waals surface area contributed by atoms with Crippen molar-refractivity contribution in [3.8, 4) is 5.75 Å². The zero-order chi connectivity index (χ0) is 14.2. The first-order valence-electron chi connectivity index (χ1n) is 8.39. The Morgan fingerprint density at radius 2 is 2.10 bits per heavy atom.